The summed E-state index contributed by atoms with van der Waals surface area (Å²) in [5, 5.41) is 0. The first kappa shape index (κ1) is 16.0. The summed E-state index contributed by atoms with van der Waals surface area (Å²) < 4.78 is 22.4. The topological polar surface area (TPSA) is 54.5 Å². The molecule has 0 unspecified atom stereocenters. The molecule has 1 saturated heterocycles. The van der Waals surface area contributed by atoms with Crippen LogP contribution in [0, 0.1) is 0 Å². The van der Waals surface area contributed by atoms with Gasteiger partial charge in [-0.1, -0.05) is 19.3 Å². The molecule has 0 N–H and O–H groups in total. The van der Waals surface area contributed by atoms with E-state index in [0.29, 0.717) is 18.6 Å². The molecule has 0 amide bonds. The molecule has 1 aliphatic carbocycles. The number of rotatable bonds is 6. The van der Waals surface area contributed by atoms with E-state index in [1.54, 1.807) is 0 Å². The lowest BCUT2D eigenvalue weighted by Crippen LogP contribution is -2.54. The van der Waals surface area contributed by atoms with Gasteiger partial charge in [0.05, 0.1) is 11.3 Å². The van der Waals surface area contributed by atoms with Crippen LogP contribution in [-0.2, 0) is 14.6 Å². The van der Waals surface area contributed by atoms with Crippen LogP contribution in [-0.4, -0.2) is 49.7 Å². The number of carbonyl (C=O) groups excluding carboxylic acids is 1. The summed E-state index contributed by atoms with van der Waals surface area (Å²) in [4.78, 5) is 15.1. The van der Waals surface area contributed by atoms with E-state index >= 15 is 0 Å². The Labute approximate surface area is 122 Å². The minimum Gasteiger partial charge on any atom is -0.298 e. The standard InChI is InChI=1S/C15H27NO3S/c1-20(18,19)13-7-8-14(17)15(9-3-4-10-15)16-11-5-2-6-12-16/h2-13H2,1H3. The Kier molecular flexibility index (Phi) is 5.24. The number of ketones is 1. The molecule has 1 heterocycles. The van der Waals surface area contributed by atoms with Gasteiger partial charge in [-0.05, 0) is 45.2 Å². The largest absolute Gasteiger partial charge is 0.298 e. The van der Waals surface area contributed by atoms with Crippen molar-refractivity contribution in [3.63, 3.8) is 0 Å². The molecule has 0 radical (unpaired) electrons. The Hall–Kier alpha value is -0.420. The van der Waals surface area contributed by atoms with Crippen molar-refractivity contribution in [1.82, 2.24) is 4.90 Å². The molecule has 20 heavy (non-hydrogen) atoms. The predicted octanol–water partition coefficient (Wildman–Crippen LogP) is 2.18. The lowest BCUT2D eigenvalue weighted by atomic mass is 9.85. The molecule has 0 aromatic carbocycles. The molecule has 1 aliphatic heterocycles. The van der Waals surface area contributed by atoms with Gasteiger partial charge in [0.1, 0.15) is 9.84 Å². The van der Waals surface area contributed by atoms with Crippen molar-refractivity contribution in [3.05, 3.63) is 0 Å². The highest BCUT2D eigenvalue weighted by atomic mass is 32.2. The van der Waals surface area contributed by atoms with Crippen LogP contribution in [0.3, 0.4) is 0 Å². The van der Waals surface area contributed by atoms with E-state index in [0.717, 1.165) is 38.8 Å². The van der Waals surface area contributed by atoms with E-state index in [1.165, 1.54) is 25.5 Å². The van der Waals surface area contributed by atoms with Gasteiger partial charge in [-0.25, -0.2) is 8.42 Å². The van der Waals surface area contributed by atoms with E-state index < -0.39 is 9.84 Å². The molecule has 0 bridgehead atoms. The summed E-state index contributed by atoms with van der Waals surface area (Å²) in [5.74, 6) is 0.426. The number of likely N-dealkylation sites (tertiary alicyclic amines) is 1. The van der Waals surface area contributed by atoms with Gasteiger partial charge in [-0.3, -0.25) is 9.69 Å². The zero-order valence-corrected chi connectivity index (χ0v) is 13.4. The van der Waals surface area contributed by atoms with Crippen LogP contribution in [0.2, 0.25) is 0 Å². The van der Waals surface area contributed by atoms with Gasteiger partial charge in [0, 0.05) is 12.7 Å². The van der Waals surface area contributed by atoms with Crippen LogP contribution in [0.15, 0.2) is 0 Å². The van der Waals surface area contributed by atoms with Gasteiger partial charge in [-0.15, -0.1) is 0 Å². The van der Waals surface area contributed by atoms with Crippen molar-refractivity contribution in [2.45, 2.75) is 63.3 Å². The molecule has 0 spiro atoms. The first-order chi connectivity index (χ1) is 9.44. The van der Waals surface area contributed by atoms with Crippen LogP contribution >= 0.6 is 0 Å². The summed E-state index contributed by atoms with van der Waals surface area (Å²) in [5.41, 5.74) is -0.252. The molecule has 0 aromatic rings. The van der Waals surface area contributed by atoms with Crippen LogP contribution in [0.25, 0.3) is 0 Å². The predicted molar refractivity (Wildman–Crippen MR) is 80.6 cm³/mol. The Bertz CT molecular complexity index is 432. The highest BCUT2D eigenvalue weighted by Gasteiger charge is 2.45. The molecule has 2 aliphatic rings. The Balaban J connectivity index is 1.98. The number of carbonyl (C=O) groups is 1. The molecule has 5 heteroatoms. The quantitative estimate of drug-likeness (QED) is 0.754. The van der Waals surface area contributed by atoms with Gasteiger partial charge < -0.3 is 0 Å². The number of Topliss-reactive ketones (excluding diaryl/α,β-unsaturated/α-hetero) is 1. The SMILES string of the molecule is CS(=O)(=O)CCCC(=O)C1(N2CCCCC2)CCCC1. The molecule has 2 fully saturated rings. The van der Waals surface area contributed by atoms with Gasteiger partial charge in [-0.2, -0.15) is 0 Å². The number of hydrogen-bond acceptors (Lipinski definition) is 4. The van der Waals surface area contributed by atoms with Crippen molar-refractivity contribution >= 4 is 15.6 Å². The van der Waals surface area contributed by atoms with E-state index in [2.05, 4.69) is 4.90 Å². The second kappa shape index (κ2) is 6.56. The van der Waals surface area contributed by atoms with E-state index in [1.807, 2.05) is 0 Å². The van der Waals surface area contributed by atoms with E-state index in [9.17, 15) is 13.2 Å². The third kappa shape index (κ3) is 3.82. The van der Waals surface area contributed by atoms with Crippen LogP contribution in [0.4, 0.5) is 0 Å². The van der Waals surface area contributed by atoms with Gasteiger partial charge in [0.2, 0.25) is 0 Å². The molecule has 0 aromatic heterocycles. The fourth-order valence-electron chi connectivity index (χ4n) is 3.78. The average molecular weight is 301 g/mol. The number of sulfone groups is 1. The Morgan fingerprint density at radius 2 is 1.65 bits per heavy atom. The van der Waals surface area contributed by atoms with Crippen molar-refractivity contribution in [1.29, 1.82) is 0 Å². The van der Waals surface area contributed by atoms with Crippen molar-refractivity contribution in [2.24, 2.45) is 0 Å². The molecule has 4 nitrogen and oxygen atoms in total. The first-order valence-corrected chi connectivity index (χ1v) is 9.96. The van der Waals surface area contributed by atoms with Crippen molar-refractivity contribution in [3.8, 4) is 0 Å². The summed E-state index contributed by atoms with van der Waals surface area (Å²) in [7, 11) is -2.95. The van der Waals surface area contributed by atoms with Gasteiger partial charge in [0.25, 0.3) is 0 Å². The second-order valence-corrected chi connectivity index (χ2v) is 8.70. The average Bonchev–Trinajstić information content (AvgIpc) is 2.89. The highest BCUT2D eigenvalue weighted by molar-refractivity contribution is 7.90. The van der Waals surface area contributed by atoms with Crippen molar-refractivity contribution in [2.75, 3.05) is 25.1 Å². The van der Waals surface area contributed by atoms with Crippen molar-refractivity contribution < 1.29 is 13.2 Å². The maximum absolute atomic E-state index is 12.7. The minimum atomic E-state index is -2.95. The van der Waals surface area contributed by atoms with Crippen LogP contribution in [0.5, 0.6) is 0 Å². The van der Waals surface area contributed by atoms with Gasteiger partial charge in [0.15, 0.2) is 5.78 Å². The third-order valence-corrected chi connectivity index (χ3v) is 5.86. The zero-order valence-electron chi connectivity index (χ0n) is 12.6. The first-order valence-electron chi connectivity index (χ1n) is 7.90. The molecule has 2 rings (SSSR count). The lowest BCUT2D eigenvalue weighted by Gasteiger charge is -2.42. The zero-order chi connectivity index (χ0) is 14.6. The van der Waals surface area contributed by atoms with Crippen LogP contribution in [0.1, 0.15) is 57.8 Å². The fourth-order valence-corrected chi connectivity index (χ4v) is 4.45. The fraction of sp³-hybridized carbons (Fsp3) is 0.933. The Morgan fingerprint density at radius 1 is 1.05 bits per heavy atom. The lowest BCUT2D eigenvalue weighted by molar-refractivity contribution is -0.132. The molecule has 1 saturated carbocycles. The number of piperidine rings is 1. The monoisotopic (exact) mass is 301 g/mol. The number of nitrogens with zero attached hydrogens (tertiary/aromatic N) is 1. The molecular weight excluding hydrogens is 274 g/mol. The number of hydrogen-bond donors (Lipinski definition) is 0. The summed E-state index contributed by atoms with van der Waals surface area (Å²) in [6.07, 6.45) is 10.0. The van der Waals surface area contributed by atoms with E-state index in [4.69, 9.17) is 0 Å². The molecular formula is C15H27NO3S. The highest BCUT2D eigenvalue weighted by Crippen LogP contribution is 2.38. The maximum atomic E-state index is 12.7. The summed E-state index contributed by atoms with van der Waals surface area (Å²) in [6, 6.07) is 0. The minimum absolute atomic E-state index is 0.134. The van der Waals surface area contributed by atoms with Gasteiger partial charge >= 0.3 is 0 Å². The maximum Gasteiger partial charge on any atom is 0.153 e. The third-order valence-electron chi connectivity index (χ3n) is 4.83. The molecule has 0 atom stereocenters. The van der Waals surface area contributed by atoms with Crippen LogP contribution < -0.4 is 0 Å². The normalized spacial score (nSPS) is 23.9. The summed E-state index contributed by atoms with van der Waals surface area (Å²) >= 11 is 0. The smallest absolute Gasteiger partial charge is 0.153 e. The van der Waals surface area contributed by atoms with E-state index in [-0.39, 0.29) is 11.3 Å². The Morgan fingerprint density at radius 3 is 2.20 bits per heavy atom. The summed E-state index contributed by atoms with van der Waals surface area (Å²) in [6.45, 7) is 2.08. The molecule has 116 valence electrons. The second-order valence-electron chi connectivity index (χ2n) is 6.44.